The van der Waals surface area contributed by atoms with Crippen LogP contribution in [0.1, 0.15) is 24.5 Å². The molecule has 2 heterocycles. The molecule has 0 fully saturated rings. The van der Waals surface area contributed by atoms with E-state index in [0.29, 0.717) is 29.3 Å². The first kappa shape index (κ1) is 17.3. The second-order valence-corrected chi connectivity index (χ2v) is 6.52. The van der Waals surface area contributed by atoms with Gasteiger partial charge in [-0.25, -0.2) is 0 Å². The average Bonchev–Trinajstić information content (AvgIpc) is 3.22. The van der Waals surface area contributed by atoms with Gasteiger partial charge in [0.15, 0.2) is 22.9 Å². The molecule has 2 aliphatic rings. The number of carbonyl (C=O) groups excluding carboxylic acids is 2. The maximum Gasteiger partial charge on any atom is 0.264 e. The highest BCUT2D eigenvalue weighted by Crippen LogP contribution is 2.42. The first-order chi connectivity index (χ1) is 13.0. The molecule has 0 spiro atoms. The normalized spacial score (nSPS) is 20.4. The van der Waals surface area contributed by atoms with E-state index in [1.807, 2.05) is 13.0 Å². The van der Waals surface area contributed by atoms with Gasteiger partial charge in [0.1, 0.15) is 0 Å². The maximum absolute atomic E-state index is 12.7. The predicted molar refractivity (Wildman–Crippen MR) is 99.6 cm³/mol. The third-order valence-electron chi connectivity index (χ3n) is 4.84. The number of ketones is 1. The minimum absolute atomic E-state index is 0.184. The molecule has 1 atom stereocenters. The summed E-state index contributed by atoms with van der Waals surface area (Å²) in [7, 11) is 0. The van der Waals surface area contributed by atoms with Gasteiger partial charge in [-0.05, 0) is 36.8 Å². The van der Waals surface area contributed by atoms with Crippen molar-refractivity contribution in [1.29, 1.82) is 0 Å². The Morgan fingerprint density at radius 3 is 2.81 bits per heavy atom. The van der Waals surface area contributed by atoms with E-state index >= 15 is 0 Å². The fraction of sp³-hybridized carbons (Fsp3) is 0.238. The minimum Gasteiger partial charge on any atom is -0.454 e. The molecule has 2 aromatic rings. The number of benzene rings is 2. The standard InChI is InChI=1S/C21H19NO5/c1-2-22-17-6-4-3-5-16(17)21(25,20(22)24)12-15(23)9-7-14-8-10-18-19(11-14)27-13-26-18/h3-11,25H,2,12-13H2,1H3/b9-7-. The highest BCUT2D eigenvalue weighted by atomic mass is 16.7. The molecule has 0 saturated carbocycles. The summed E-state index contributed by atoms with van der Waals surface area (Å²) in [5, 5.41) is 11.0. The van der Waals surface area contributed by atoms with Crippen LogP contribution in [-0.4, -0.2) is 30.1 Å². The molecule has 138 valence electrons. The molecule has 0 saturated heterocycles. The molecule has 4 rings (SSSR count). The number of hydrogen-bond acceptors (Lipinski definition) is 5. The fourth-order valence-electron chi connectivity index (χ4n) is 3.51. The zero-order chi connectivity index (χ0) is 19.0. The predicted octanol–water partition coefficient (Wildman–Crippen LogP) is 2.64. The maximum atomic E-state index is 12.7. The first-order valence-corrected chi connectivity index (χ1v) is 8.77. The summed E-state index contributed by atoms with van der Waals surface area (Å²) < 4.78 is 10.6. The van der Waals surface area contributed by atoms with Gasteiger partial charge in [0, 0.05) is 12.1 Å². The lowest BCUT2D eigenvalue weighted by atomic mass is 9.89. The number of carbonyl (C=O) groups is 2. The lowest BCUT2D eigenvalue weighted by molar-refractivity contribution is -0.140. The van der Waals surface area contributed by atoms with Crippen molar-refractivity contribution in [3.63, 3.8) is 0 Å². The molecule has 1 amide bonds. The zero-order valence-electron chi connectivity index (χ0n) is 14.8. The van der Waals surface area contributed by atoms with Crippen molar-refractivity contribution < 1.29 is 24.2 Å². The first-order valence-electron chi connectivity index (χ1n) is 8.77. The summed E-state index contributed by atoms with van der Waals surface area (Å²) in [6.45, 7) is 2.45. The van der Waals surface area contributed by atoms with Crippen LogP contribution in [0.2, 0.25) is 0 Å². The van der Waals surface area contributed by atoms with Crippen LogP contribution < -0.4 is 14.4 Å². The lowest BCUT2D eigenvalue weighted by Crippen LogP contribution is -2.41. The number of amides is 1. The van der Waals surface area contributed by atoms with Crippen molar-refractivity contribution >= 4 is 23.5 Å². The summed E-state index contributed by atoms with van der Waals surface area (Å²) in [5.41, 5.74) is 0.0674. The zero-order valence-corrected chi connectivity index (χ0v) is 14.8. The summed E-state index contributed by atoms with van der Waals surface area (Å²) in [5.74, 6) is 0.495. The molecule has 6 heteroatoms. The monoisotopic (exact) mass is 365 g/mol. The number of anilines is 1. The van der Waals surface area contributed by atoms with Gasteiger partial charge in [-0.1, -0.05) is 30.3 Å². The molecule has 27 heavy (non-hydrogen) atoms. The molecular formula is C21H19NO5. The quantitative estimate of drug-likeness (QED) is 0.825. The van der Waals surface area contributed by atoms with Gasteiger partial charge in [-0.2, -0.15) is 0 Å². The molecular weight excluding hydrogens is 346 g/mol. The number of fused-ring (bicyclic) bond motifs is 2. The van der Waals surface area contributed by atoms with Crippen molar-refractivity contribution in [3.8, 4) is 11.5 Å². The van der Waals surface area contributed by atoms with Gasteiger partial charge < -0.3 is 19.5 Å². The van der Waals surface area contributed by atoms with E-state index in [1.54, 1.807) is 42.5 Å². The van der Waals surface area contributed by atoms with Crippen LogP contribution in [0.15, 0.2) is 48.5 Å². The largest absolute Gasteiger partial charge is 0.454 e. The smallest absolute Gasteiger partial charge is 0.264 e. The van der Waals surface area contributed by atoms with E-state index in [1.165, 1.54) is 11.0 Å². The van der Waals surface area contributed by atoms with Gasteiger partial charge in [-0.15, -0.1) is 0 Å². The highest BCUT2D eigenvalue weighted by Gasteiger charge is 2.49. The summed E-state index contributed by atoms with van der Waals surface area (Å²) in [6.07, 6.45) is 2.71. The average molecular weight is 365 g/mol. The molecule has 0 aromatic heterocycles. The summed E-state index contributed by atoms with van der Waals surface area (Å²) in [4.78, 5) is 26.7. The molecule has 1 unspecified atom stereocenters. The van der Waals surface area contributed by atoms with Crippen LogP contribution in [0.5, 0.6) is 11.5 Å². The Labute approximate surface area is 156 Å². The van der Waals surface area contributed by atoms with Crippen LogP contribution in [0.3, 0.4) is 0 Å². The number of ether oxygens (including phenoxy) is 2. The number of likely N-dealkylation sites (N-methyl/N-ethyl adjacent to an activating group) is 1. The van der Waals surface area contributed by atoms with Crippen LogP contribution in [0.4, 0.5) is 5.69 Å². The highest BCUT2D eigenvalue weighted by molar-refractivity contribution is 6.10. The van der Waals surface area contributed by atoms with E-state index < -0.39 is 11.5 Å². The second kappa shape index (κ2) is 6.55. The molecule has 0 bridgehead atoms. The minimum atomic E-state index is -1.83. The molecule has 2 aromatic carbocycles. The Morgan fingerprint density at radius 1 is 1.22 bits per heavy atom. The van der Waals surface area contributed by atoms with E-state index in [9.17, 15) is 14.7 Å². The van der Waals surface area contributed by atoms with Gasteiger partial charge in [0.05, 0.1) is 12.1 Å². The van der Waals surface area contributed by atoms with Crippen molar-refractivity contribution in [2.75, 3.05) is 18.2 Å². The molecule has 0 radical (unpaired) electrons. The Morgan fingerprint density at radius 2 is 2.00 bits per heavy atom. The van der Waals surface area contributed by atoms with Gasteiger partial charge in [-0.3, -0.25) is 9.59 Å². The van der Waals surface area contributed by atoms with Crippen LogP contribution >= 0.6 is 0 Å². The number of para-hydroxylation sites is 1. The third-order valence-corrected chi connectivity index (χ3v) is 4.84. The Bertz CT molecular complexity index is 951. The molecule has 1 N–H and O–H groups in total. The number of nitrogens with zero attached hydrogens (tertiary/aromatic N) is 1. The Hall–Kier alpha value is -3.12. The Balaban J connectivity index is 1.55. The number of hydrogen-bond donors (Lipinski definition) is 1. The van der Waals surface area contributed by atoms with Crippen molar-refractivity contribution in [3.05, 3.63) is 59.7 Å². The fourth-order valence-corrected chi connectivity index (χ4v) is 3.51. The van der Waals surface area contributed by atoms with Gasteiger partial charge in [0.25, 0.3) is 5.91 Å². The second-order valence-electron chi connectivity index (χ2n) is 6.52. The summed E-state index contributed by atoms with van der Waals surface area (Å²) >= 11 is 0. The van der Waals surface area contributed by atoms with Crippen molar-refractivity contribution in [2.45, 2.75) is 18.9 Å². The molecule has 2 aliphatic heterocycles. The van der Waals surface area contributed by atoms with Crippen LogP contribution in [0.25, 0.3) is 6.08 Å². The number of aliphatic hydroxyl groups is 1. The lowest BCUT2D eigenvalue weighted by Gasteiger charge is -2.21. The van der Waals surface area contributed by atoms with Crippen LogP contribution in [0, 0.1) is 0 Å². The summed E-state index contributed by atoms with van der Waals surface area (Å²) in [6, 6.07) is 12.4. The topological polar surface area (TPSA) is 76.1 Å². The van der Waals surface area contributed by atoms with Crippen molar-refractivity contribution in [1.82, 2.24) is 0 Å². The number of allylic oxidation sites excluding steroid dienone is 1. The Kier molecular flexibility index (Phi) is 4.20. The van der Waals surface area contributed by atoms with E-state index in [0.717, 1.165) is 5.56 Å². The third kappa shape index (κ3) is 2.88. The molecule has 6 nitrogen and oxygen atoms in total. The van der Waals surface area contributed by atoms with E-state index in [-0.39, 0.29) is 19.0 Å². The number of rotatable bonds is 5. The molecule has 0 aliphatic carbocycles. The van der Waals surface area contributed by atoms with E-state index in [4.69, 9.17) is 9.47 Å². The van der Waals surface area contributed by atoms with E-state index in [2.05, 4.69) is 0 Å². The van der Waals surface area contributed by atoms with Gasteiger partial charge in [0.2, 0.25) is 6.79 Å². The van der Waals surface area contributed by atoms with Gasteiger partial charge >= 0.3 is 0 Å². The SMILES string of the molecule is CCN1C(=O)C(O)(CC(=O)/C=C\c2ccc3c(c2)OCO3)c2ccccc21. The van der Waals surface area contributed by atoms with Crippen LogP contribution in [-0.2, 0) is 15.2 Å². The van der Waals surface area contributed by atoms with Crippen molar-refractivity contribution in [2.24, 2.45) is 0 Å².